The Hall–Kier alpha value is -2.16. The molecule has 0 fully saturated rings. The molecule has 0 bridgehead atoms. The first-order valence-corrected chi connectivity index (χ1v) is 11.5. The largest absolute Gasteiger partial charge is 0.495 e. The summed E-state index contributed by atoms with van der Waals surface area (Å²) in [7, 11) is -2.69. The van der Waals surface area contributed by atoms with Gasteiger partial charge in [0.05, 0.1) is 38.4 Å². The van der Waals surface area contributed by atoms with Crippen molar-refractivity contribution in [3.8, 4) is 5.75 Å². The van der Waals surface area contributed by atoms with E-state index in [1.807, 2.05) is 0 Å². The standard InChI is InChI=1S/C20H14Cl4N2O4S/c1-30-19-6-5-13(8-18(19)25-20(27)11-3-2-4-12(21)7-11)31(28,29)26-17-10-15(23)14(22)9-16(17)24/h2-10,26H,1H3,(H,25,27). The fraction of sp³-hybridized carbons (Fsp3) is 0.0500. The molecule has 3 aromatic rings. The second kappa shape index (κ2) is 9.54. The van der Waals surface area contributed by atoms with Crippen LogP contribution in [-0.2, 0) is 10.0 Å². The highest BCUT2D eigenvalue weighted by Crippen LogP contribution is 2.34. The molecule has 0 aliphatic rings. The Labute approximate surface area is 199 Å². The number of anilines is 2. The molecule has 0 aliphatic heterocycles. The van der Waals surface area contributed by atoms with Crippen molar-refractivity contribution in [1.82, 2.24) is 0 Å². The molecule has 0 saturated carbocycles. The monoisotopic (exact) mass is 518 g/mol. The minimum Gasteiger partial charge on any atom is -0.495 e. The fourth-order valence-electron chi connectivity index (χ4n) is 2.58. The van der Waals surface area contributed by atoms with Crippen molar-refractivity contribution in [2.24, 2.45) is 0 Å². The number of methoxy groups -OCH3 is 1. The Kier molecular flexibility index (Phi) is 7.24. The lowest BCUT2D eigenvalue weighted by Gasteiger charge is -2.14. The maximum atomic E-state index is 12.9. The zero-order valence-electron chi connectivity index (χ0n) is 15.7. The summed E-state index contributed by atoms with van der Waals surface area (Å²) in [6, 6.07) is 12.9. The number of carbonyl (C=O) groups is 1. The number of amides is 1. The highest BCUT2D eigenvalue weighted by atomic mass is 35.5. The van der Waals surface area contributed by atoms with Crippen LogP contribution in [0, 0.1) is 0 Å². The van der Waals surface area contributed by atoms with Gasteiger partial charge in [-0.15, -0.1) is 0 Å². The Morgan fingerprint density at radius 2 is 1.58 bits per heavy atom. The molecule has 2 N–H and O–H groups in total. The smallest absolute Gasteiger partial charge is 0.262 e. The first-order valence-electron chi connectivity index (χ1n) is 8.53. The quantitative estimate of drug-likeness (QED) is 0.371. The van der Waals surface area contributed by atoms with Crippen molar-refractivity contribution in [3.05, 3.63) is 80.3 Å². The number of halogens is 4. The van der Waals surface area contributed by atoms with Crippen LogP contribution in [0.5, 0.6) is 5.75 Å². The van der Waals surface area contributed by atoms with Gasteiger partial charge in [-0.2, -0.15) is 0 Å². The van der Waals surface area contributed by atoms with E-state index in [0.29, 0.717) is 10.6 Å². The van der Waals surface area contributed by atoms with E-state index in [1.165, 1.54) is 43.5 Å². The number of sulfonamides is 1. The molecule has 0 heterocycles. The second-order valence-electron chi connectivity index (χ2n) is 6.18. The fourth-order valence-corrected chi connectivity index (χ4v) is 4.52. The van der Waals surface area contributed by atoms with Gasteiger partial charge in [-0.25, -0.2) is 8.42 Å². The lowest BCUT2D eigenvalue weighted by atomic mass is 10.2. The zero-order valence-corrected chi connectivity index (χ0v) is 19.6. The third kappa shape index (κ3) is 5.56. The molecule has 0 saturated heterocycles. The van der Waals surface area contributed by atoms with Gasteiger partial charge in [-0.1, -0.05) is 52.5 Å². The summed E-state index contributed by atoms with van der Waals surface area (Å²) in [4.78, 5) is 12.4. The van der Waals surface area contributed by atoms with Gasteiger partial charge in [-0.05, 0) is 48.5 Å². The van der Waals surface area contributed by atoms with Crippen LogP contribution in [0.15, 0.2) is 59.5 Å². The lowest BCUT2D eigenvalue weighted by Crippen LogP contribution is -2.16. The summed E-state index contributed by atoms with van der Waals surface area (Å²) >= 11 is 23.8. The van der Waals surface area contributed by atoms with Crippen LogP contribution < -0.4 is 14.8 Å². The van der Waals surface area contributed by atoms with Gasteiger partial charge in [0.2, 0.25) is 0 Å². The van der Waals surface area contributed by atoms with Crippen LogP contribution in [-0.4, -0.2) is 21.4 Å². The van der Waals surface area contributed by atoms with Crippen LogP contribution in [0.4, 0.5) is 11.4 Å². The van der Waals surface area contributed by atoms with E-state index < -0.39 is 15.9 Å². The SMILES string of the molecule is COc1ccc(S(=O)(=O)Nc2cc(Cl)c(Cl)cc2Cl)cc1NC(=O)c1cccc(Cl)c1. The average molecular weight is 520 g/mol. The molecule has 11 heteroatoms. The number of nitrogens with one attached hydrogen (secondary N) is 2. The highest BCUT2D eigenvalue weighted by molar-refractivity contribution is 7.92. The second-order valence-corrected chi connectivity index (χ2v) is 9.52. The molecule has 31 heavy (non-hydrogen) atoms. The predicted octanol–water partition coefficient (Wildman–Crippen LogP) is 6.36. The van der Waals surface area contributed by atoms with E-state index in [4.69, 9.17) is 51.1 Å². The van der Waals surface area contributed by atoms with Crippen molar-refractivity contribution >= 4 is 73.7 Å². The number of carbonyl (C=O) groups excluding carboxylic acids is 1. The van der Waals surface area contributed by atoms with E-state index in [2.05, 4.69) is 10.0 Å². The molecule has 0 radical (unpaired) electrons. The Bertz CT molecular complexity index is 1270. The molecular weight excluding hydrogens is 506 g/mol. The van der Waals surface area contributed by atoms with Crippen molar-refractivity contribution in [2.75, 3.05) is 17.1 Å². The molecule has 0 unspecified atom stereocenters. The molecule has 0 aromatic heterocycles. The maximum Gasteiger partial charge on any atom is 0.262 e. The third-order valence-electron chi connectivity index (χ3n) is 4.07. The summed E-state index contributed by atoms with van der Waals surface area (Å²) in [6.45, 7) is 0. The van der Waals surface area contributed by atoms with Gasteiger partial charge < -0.3 is 10.1 Å². The maximum absolute atomic E-state index is 12.9. The van der Waals surface area contributed by atoms with E-state index in [-0.39, 0.29) is 37.1 Å². The van der Waals surface area contributed by atoms with E-state index in [0.717, 1.165) is 0 Å². The van der Waals surface area contributed by atoms with E-state index >= 15 is 0 Å². The highest BCUT2D eigenvalue weighted by Gasteiger charge is 2.20. The minimum absolute atomic E-state index is 0.0522. The van der Waals surface area contributed by atoms with Crippen LogP contribution >= 0.6 is 46.4 Å². The van der Waals surface area contributed by atoms with Crippen LogP contribution in [0.25, 0.3) is 0 Å². The summed E-state index contributed by atoms with van der Waals surface area (Å²) < 4.78 is 33.4. The Morgan fingerprint density at radius 3 is 2.26 bits per heavy atom. The summed E-state index contributed by atoms with van der Waals surface area (Å²) in [5.41, 5.74) is 0.496. The van der Waals surface area contributed by atoms with E-state index in [9.17, 15) is 13.2 Å². The van der Waals surface area contributed by atoms with Crippen LogP contribution in [0.3, 0.4) is 0 Å². The molecular formula is C20H14Cl4N2O4S. The lowest BCUT2D eigenvalue weighted by molar-refractivity contribution is 0.102. The minimum atomic E-state index is -4.08. The van der Waals surface area contributed by atoms with E-state index in [1.54, 1.807) is 18.2 Å². The number of hydrogen-bond donors (Lipinski definition) is 2. The third-order valence-corrected chi connectivity index (χ3v) is 6.70. The predicted molar refractivity (Wildman–Crippen MR) is 125 cm³/mol. The summed E-state index contributed by atoms with van der Waals surface area (Å²) in [6.07, 6.45) is 0. The molecule has 1 amide bonds. The summed E-state index contributed by atoms with van der Waals surface area (Å²) in [5.74, 6) is -0.224. The van der Waals surface area contributed by atoms with Gasteiger partial charge in [0.25, 0.3) is 15.9 Å². The van der Waals surface area contributed by atoms with Crippen molar-refractivity contribution in [1.29, 1.82) is 0 Å². The first-order chi connectivity index (χ1) is 14.6. The van der Waals surface area contributed by atoms with Crippen molar-refractivity contribution < 1.29 is 17.9 Å². The Morgan fingerprint density at radius 1 is 0.871 bits per heavy atom. The summed E-state index contributed by atoms with van der Waals surface area (Å²) in [5, 5.41) is 3.41. The normalized spacial score (nSPS) is 11.1. The molecule has 0 aliphatic carbocycles. The molecule has 0 atom stereocenters. The zero-order chi connectivity index (χ0) is 22.8. The molecule has 0 spiro atoms. The van der Waals surface area contributed by atoms with Gasteiger partial charge in [-0.3, -0.25) is 9.52 Å². The van der Waals surface area contributed by atoms with Crippen LogP contribution in [0.1, 0.15) is 10.4 Å². The van der Waals surface area contributed by atoms with Crippen molar-refractivity contribution in [3.63, 3.8) is 0 Å². The van der Waals surface area contributed by atoms with Gasteiger partial charge in [0, 0.05) is 10.6 Å². The van der Waals surface area contributed by atoms with Gasteiger partial charge in [0.15, 0.2) is 0 Å². The molecule has 162 valence electrons. The van der Waals surface area contributed by atoms with Gasteiger partial charge in [0.1, 0.15) is 5.75 Å². The number of benzene rings is 3. The molecule has 3 aromatic carbocycles. The topological polar surface area (TPSA) is 84.5 Å². The number of ether oxygens (including phenoxy) is 1. The van der Waals surface area contributed by atoms with Crippen LogP contribution in [0.2, 0.25) is 20.1 Å². The Balaban J connectivity index is 1.93. The number of hydrogen-bond acceptors (Lipinski definition) is 4. The molecule has 3 rings (SSSR count). The molecule has 6 nitrogen and oxygen atoms in total. The number of rotatable bonds is 6. The first kappa shape index (κ1) is 23.5. The van der Waals surface area contributed by atoms with Gasteiger partial charge >= 0.3 is 0 Å². The average Bonchev–Trinajstić information content (AvgIpc) is 2.71. The van der Waals surface area contributed by atoms with Crippen molar-refractivity contribution in [2.45, 2.75) is 4.90 Å².